The van der Waals surface area contributed by atoms with Crippen LogP contribution in [-0.4, -0.2) is 25.5 Å². The van der Waals surface area contributed by atoms with E-state index in [0.29, 0.717) is 5.56 Å². The lowest BCUT2D eigenvalue weighted by atomic mass is 9.93. The number of carbonyl (C=O) groups is 1. The van der Waals surface area contributed by atoms with Crippen molar-refractivity contribution in [2.75, 3.05) is 24.5 Å². The highest BCUT2D eigenvalue weighted by Crippen LogP contribution is 2.28. The van der Waals surface area contributed by atoms with Gasteiger partial charge in [-0.2, -0.15) is 0 Å². The summed E-state index contributed by atoms with van der Waals surface area (Å²) in [6.45, 7) is 4.76. The molecule has 4 heteroatoms. The molecule has 1 aliphatic heterocycles. The molecular weight excluding hydrogens is 238 g/mol. The van der Waals surface area contributed by atoms with Crippen LogP contribution in [0.2, 0.25) is 0 Å². The smallest absolute Gasteiger partial charge is 0.250 e. The van der Waals surface area contributed by atoms with E-state index in [0.717, 1.165) is 56.1 Å². The number of aryl methyl sites for hydroxylation is 1. The second-order valence-corrected chi connectivity index (χ2v) is 5.39. The zero-order chi connectivity index (χ0) is 13.8. The molecule has 1 aromatic rings. The zero-order valence-electron chi connectivity index (χ0n) is 11.6. The standard InChI is InChI=1S/C15H23N3O/c1-11-2-3-13(15(17)19)14(10-11)18-8-5-12(4-7-16)6-9-18/h2-3,10,12H,4-9,16H2,1H3,(H2,17,19). The van der Waals surface area contributed by atoms with E-state index in [-0.39, 0.29) is 5.91 Å². The van der Waals surface area contributed by atoms with Crippen molar-refractivity contribution in [2.24, 2.45) is 17.4 Å². The number of primary amides is 1. The number of amides is 1. The Hall–Kier alpha value is -1.55. The Labute approximate surface area is 114 Å². The summed E-state index contributed by atoms with van der Waals surface area (Å²) in [7, 11) is 0. The maximum absolute atomic E-state index is 11.5. The van der Waals surface area contributed by atoms with Gasteiger partial charge < -0.3 is 16.4 Å². The van der Waals surface area contributed by atoms with E-state index in [4.69, 9.17) is 11.5 Å². The number of rotatable bonds is 4. The van der Waals surface area contributed by atoms with Crippen LogP contribution < -0.4 is 16.4 Å². The fourth-order valence-electron chi connectivity index (χ4n) is 2.81. The van der Waals surface area contributed by atoms with Gasteiger partial charge in [0.1, 0.15) is 0 Å². The van der Waals surface area contributed by atoms with Crippen molar-refractivity contribution in [3.8, 4) is 0 Å². The van der Waals surface area contributed by atoms with Crippen molar-refractivity contribution >= 4 is 11.6 Å². The van der Waals surface area contributed by atoms with Crippen LogP contribution in [0.5, 0.6) is 0 Å². The number of hydrogen-bond donors (Lipinski definition) is 2. The Morgan fingerprint density at radius 3 is 2.63 bits per heavy atom. The number of hydrogen-bond acceptors (Lipinski definition) is 3. The third kappa shape index (κ3) is 3.26. The van der Waals surface area contributed by atoms with E-state index in [1.165, 1.54) is 0 Å². The first-order valence-corrected chi connectivity index (χ1v) is 6.97. The highest BCUT2D eigenvalue weighted by atomic mass is 16.1. The summed E-state index contributed by atoms with van der Waals surface area (Å²) in [4.78, 5) is 13.8. The highest BCUT2D eigenvalue weighted by Gasteiger charge is 2.21. The average Bonchev–Trinajstić information content (AvgIpc) is 2.39. The molecule has 1 amide bonds. The Morgan fingerprint density at radius 1 is 1.37 bits per heavy atom. The van der Waals surface area contributed by atoms with E-state index in [9.17, 15) is 4.79 Å². The van der Waals surface area contributed by atoms with Gasteiger partial charge in [0, 0.05) is 18.8 Å². The molecule has 1 heterocycles. The van der Waals surface area contributed by atoms with Crippen molar-refractivity contribution in [2.45, 2.75) is 26.2 Å². The van der Waals surface area contributed by atoms with Crippen molar-refractivity contribution in [1.82, 2.24) is 0 Å². The third-order valence-corrected chi connectivity index (χ3v) is 3.95. The number of benzene rings is 1. The van der Waals surface area contributed by atoms with Crippen LogP contribution in [0.1, 0.15) is 35.2 Å². The van der Waals surface area contributed by atoms with Crippen LogP contribution in [0.25, 0.3) is 0 Å². The molecule has 0 radical (unpaired) electrons. The molecule has 0 aliphatic carbocycles. The minimum atomic E-state index is -0.348. The molecule has 0 saturated carbocycles. The van der Waals surface area contributed by atoms with Gasteiger partial charge in [0.25, 0.3) is 5.91 Å². The average molecular weight is 261 g/mol. The molecule has 0 aromatic heterocycles. The number of nitrogens with two attached hydrogens (primary N) is 2. The summed E-state index contributed by atoms with van der Waals surface area (Å²) in [5, 5.41) is 0. The number of carbonyl (C=O) groups excluding carboxylic acids is 1. The maximum Gasteiger partial charge on any atom is 0.250 e. The molecule has 0 atom stereocenters. The molecule has 1 saturated heterocycles. The van der Waals surface area contributed by atoms with Gasteiger partial charge in [-0.05, 0) is 56.3 Å². The summed E-state index contributed by atoms with van der Waals surface area (Å²) in [5.41, 5.74) is 13.8. The van der Waals surface area contributed by atoms with Gasteiger partial charge in [0.2, 0.25) is 0 Å². The lowest BCUT2D eigenvalue weighted by Crippen LogP contribution is -2.35. The second-order valence-electron chi connectivity index (χ2n) is 5.39. The number of nitrogens with zero attached hydrogens (tertiary/aromatic N) is 1. The molecule has 19 heavy (non-hydrogen) atoms. The predicted molar refractivity (Wildman–Crippen MR) is 78.3 cm³/mol. The normalized spacial score (nSPS) is 16.6. The van der Waals surface area contributed by atoms with Crippen molar-refractivity contribution in [3.63, 3.8) is 0 Å². The predicted octanol–water partition coefficient (Wildman–Crippen LogP) is 1.66. The van der Waals surface area contributed by atoms with Crippen LogP contribution in [0.4, 0.5) is 5.69 Å². The van der Waals surface area contributed by atoms with E-state index < -0.39 is 0 Å². The summed E-state index contributed by atoms with van der Waals surface area (Å²) in [5.74, 6) is 0.377. The number of anilines is 1. The molecule has 1 aliphatic rings. The van der Waals surface area contributed by atoms with Crippen LogP contribution in [0.3, 0.4) is 0 Å². The molecule has 0 bridgehead atoms. The molecule has 1 aromatic carbocycles. The fourth-order valence-corrected chi connectivity index (χ4v) is 2.81. The van der Waals surface area contributed by atoms with Crippen LogP contribution in [0, 0.1) is 12.8 Å². The van der Waals surface area contributed by atoms with Gasteiger partial charge >= 0.3 is 0 Å². The first-order valence-electron chi connectivity index (χ1n) is 6.97. The molecule has 1 fully saturated rings. The van der Waals surface area contributed by atoms with Gasteiger partial charge in [-0.25, -0.2) is 0 Å². The molecule has 0 spiro atoms. The zero-order valence-corrected chi connectivity index (χ0v) is 11.6. The van der Waals surface area contributed by atoms with Gasteiger partial charge in [-0.3, -0.25) is 4.79 Å². The van der Waals surface area contributed by atoms with E-state index >= 15 is 0 Å². The van der Waals surface area contributed by atoms with Crippen LogP contribution in [-0.2, 0) is 0 Å². The third-order valence-electron chi connectivity index (χ3n) is 3.95. The van der Waals surface area contributed by atoms with Crippen molar-refractivity contribution < 1.29 is 4.79 Å². The van der Waals surface area contributed by atoms with Crippen LogP contribution >= 0.6 is 0 Å². The first kappa shape index (κ1) is 13.9. The lowest BCUT2D eigenvalue weighted by molar-refractivity contribution is 0.100. The first-order chi connectivity index (χ1) is 9.11. The Balaban J connectivity index is 2.14. The monoisotopic (exact) mass is 261 g/mol. The van der Waals surface area contributed by atoms with E-state index in [2.05, 4.69) is 11.0 Å². The summed E-state index contributed by atoms with van der Waals surface area (Å²) in [6, 6.07) is 5.83. The largest absolute Gasteiger partial charge is 0.371 e. The summed E-state index contributed by atoms with van der Waals surface area (Å²) in [6.07, 6.45) is 3.39. The number of piperidine rings is 1. The van der Waals surface area contributed by atoms with Gasteiger partial charge in [0.15, 0.2) is 0 Å². The van der Waals surface area contributed by atoms with Gasteiger partial charge in [0.05, 0.1) is 5.56 Å². The second kappa shape index (κ2) is 6.06. The molecule has 2 rings (SSSR count). The summed E-state index contributed by atoms with van der Waals surface area (Å²) < 4.78 is 0. The lowest BCUT2D eigenvalue weighted by Gasteiger charge is -2.34. The topological polar surface area (TPSA) is 72.4 Å². The maximum atomic E-state index is 11.5. The van der Waals surface area contributed by atoms with Gasteiger partial charge in [-0.15, -0.1) is 0 Å². The molecule has 4 nitrogen and oxygen atoms in total. The Kier molecular flexibility index (Phi) is 4.43. The van der Waals surface area contributed by atoms with Gasteiger partial charge in [-0.1, -0.05) is 6.07 Å². The van der Waals surface area contributed by atoms with Crippen molar-refractivity contribution in [1.29, 1.82) is 0 Å². The minimum Gasteiger partial charge on any atom is -0.371 e. The molecule has 0 unspecified atom stereocenters. The molecule has 104 valence electrons. The van der Waals surface area contributed by atoms with Crippen molar-refractivity contribution in [3.05, 3.63) is 29.3 Å². The fraction of sp³-hybridized carbons (Fsp3) is 0.533. The quantitative estimate of drug-likeness (QED) is 0.865. The Bertz CT molecular complexity index is 451. The van der Waals surface area contributed by atoms with E-state index in [1.54, 1.807) is 0 Å². The molecule has 4 N–H and O–H groups in total. The minimum absolute atomic E-state index is 0.348. The molecular formula is C15H23N3O. The van der Waals surface area contributed by atoms with E-state index in [1.807, 2.05) is 19.1 Å². The Morgan fingerprint density at radius 2 is 2.05 bits per heavy atom. The summed E-state index contributed by atoms with van der Waals surface area (Å²) >= 11 is 0. The van der Waals surface area contributed by atoms with Crippen LogP contribution in [0.15, 0.2) is 18.2 Å². The SMILES string of the molecule is Cc1ccc(C(N)=O)c(N2CCC(CCN)CC2)c1. The highest BCUT2D eigenvalue weighted by molar-refractivity contribution is 5.98.